The van der Waals surface area contributed by atoms with E-state index in [0.29, 0.717) is 16.5 Å². The minimum atomic E-state index is -0.262. The number of allylic oxidation sites excluding steroid dienone is 1. The third-order valence-corrected chi connectivity index (χ3v) is 6.54. The molecule has 5 rings (SSSR count). The number of fused-ring (bicyclic) bond motifs is 3. The number of halogens is 2. The number of benzene rings is 1. The van der Waals surface area contributed by atoms with E-state index >= 15 is 0 Å². The second-order valence-electron chi connectivity index (χ2n) is 7.32. The van der Waals surface area contributed by atoms with Crippen LogP contribution in [-0.4, -0.2) is 26.9 Å². The highest BCUT2D eigenvalue weighted by Gasteiger charge is 2.47. The Morgan fingerprint density at radius 3 is 2.75 bits per heavy atom. The summed E-state index contributed by atoms with van der Waals surface area (Å²) in [6.45, 7) is 0. The van der Waals surface area contributed by atoms with E-state index in [4.69, 9.17) is 17.3 Å². The van der Waals surface area contributed by atoms with Crippen LogP contribution in [0.1, 0.15) is 6.42 Å². The normalized spacial score (nSPS) is 25.5. The molecule has 2 aromatic heterocycles. The summed E-state index contributed by atoms with van der Waals surface area (Å²) in [4.78, 5) is 24.4. The Morgan fingerprint density at radius 1 is 1.25 bits per heavy atom. The van der Waals surface area contributed by atoms with Gasteiger partial charge in [0.15, 0.2) is 5.65 Å². The summed E-state index contributed by atoms with van der Waals surface area (Å²) >= 11 is 9.57. The molecule has 2 aliphatic carbocycles. The molecule has 6 nitrogen and oxygen atoms in total. The van der Waals surface area contributed by atoms with Crippen LogP contribution in [0.5, 0.6) is 0 Å². The second-order valence-corrected chi connectivity index (χ2v) is 8.61. The lowest BCUT2D eigenvalue weighted by atomic mass is 9.88. The molecule has 0 unspecified atom stereocenters. The van der Waals surface area contributed by atoms with Crippen LogP contribution in [-0.2, 0) is 4.79 Å². The molecule has 2 aliphatic rings. The SMILES string of the molecule is NC(=O)[C@@H]1[C@H](Nc2c(Br)cnc3nc(-c4ccc(Cl)cc4)[nH]c23)[C@H]2C=C[C@@H]1C2. The predicted molar refractivity (Wildman–Crippen MR) is 113 cm³/mol. The number of rotatable bonds is 4. The van der Waals surface area contributed by atoms with Gasteiger partial charge < -0.3 is 16.0 Å². The summed E-state index contributed by atoms with van der Waals surface area (Å²) in [5, 5.41) is 4.23. The molecule has 0 saturated heterocycles. The van der Waals surface area contributed by atoms with Crippen molar-refractivity contribution in [3.8, 4) is 11.4 Å². The molecule has 4 atom stereocenters. The van der Waals surface area contributed by atoms with E-state index in [1.165, 1.54) is 0 Å². The fraction of sp³-hybridized carbons (Fsp3) is 0.250. The molecule has 3 aromatic rings. The van der Waals surface area contributed by atoms with Gasteiger partial charge in [0.25, 0.3) is 0 Å². The number of hydrogen-bond acceptors (Lipinski definition) is 4. The van der Waals surface area contributed by atoms with Crippen molar-refractivity contribution in [2.75, 3.05) is 5.32 Å². The Labute approximate surface area is 174 Å². The average molecular weight is 459 g/mol. The number of primary amides is 1. The van der Waals surface area contributed by atoms with E-state index in [9.17, 15) is 4.79 Å². The maximum absolute atomic E-state index is 12.1. The largest absolute Gasteiger partial charge is 0.378 e. The maximum atomic E-state index is 12.1. The van der Waals surface area contributed by atoms with E-state index in [1.54, 1.807) is 6.20 Å². The molecule has 0 spiro atoms. The van der Waals surface area contributed by atoms with Crippen molar-refractivity contribution in [2.24, 2.45) is 23.5 Å². The fourth-order valence-electron chi connectivity index (χ4n) is 4.39. The van der Waals surface area contributed by atoms with E-state index in [0.717, 1.165) is 27.7 Å². The average Bonchev–Trinajstić information content (AvgIpc) is 3.38. The molecule has 1 aromatic carbocycles. The number of imidazole rings is 1. The van der Waals surface area contributed by atoms with Gasteiger partial charge in [0, 0.05) is 22.8 Å². The lowest BCUT2D eigenvalue weighted by molar-refractivity contribution is -0.122. The molecular formula is C20H17BrClN5O. The zero-order valence-electron chi connectivity index (χ0n) is 14.7. The van der Waals surface area contributed by atoms with Crippen molar-refractivity contribution in [3.63, 3.8) is 0 Å². The van der Waals surface area contributed by atoms with Crippen LogP contribution >= 0.6 is 27.5 Å². The standard InChI is InChI=1S/C20H17BrClN5O/c21-13-8-24-20-17(26-19(27-20)9-3-5-12(22)6-4-9)16(13)25-15-11-2-1-10(7-11)14(15)18(23)28/h1-6,8,10-11,14-15H,7H2,(H2,23,28)(H2,24,25,26,27)/t10-,11+,14+,15-/m1/s1. The number of carbonyl (C=O) groups is 1. The smallest absolute Gasteiger partial charge is 0.223 e. The number of aromatic amines is 1. The first-order chi connectivity index (χ1) is 13.5. The second kappa shape index (κ2) is 6.60. The molecule has 142 valence electrons. The van der Waals surface area contributed by atoms with Crippen molar-refractivity contribution < 1.29 is 4.79 Å². The van der Waals surface area contributed by atoms with Crippen LogP contribution in [0.25, 0.3) is 22.6 Å². The summed E-state index contributed by atoms with van der Waals surface area (Å²) < 4.78 is 0.807. The zero-order chi connectivity index (χ0) is 19.4. The van der Waals surface area contributed by atoms with Crippen LogP contribution in [0.4, 0.5) is 5.69 Å². The molecule has 0 radical (unpaired) electrons. The molecule has 1 saturated carbocycles. The molecule has 8 heteroatoms. The topological polar surface area (TPSA) is 96.7 Å². The monoisotopic (exact) mass is 457 g/mol. The Morgan fingerprint density at radius 2 is 2.00 bits per heavy atom. The Kier molecular flexibility index (Phi) is 4.17. The molecule has 0 aliphatic heterocycles. The number of aromatic nitrogens is 3. The highest BCUT2D eigenvalue weighted by molar-refractivity contribution is 9.10. The highest BCUT2D eigenvalue weighted by Crippen LogP contribution is 2.46. The van der Waals surface area contributed by atoms with Gasteiger partial charge in [-0.1, -0.05) is 23.8 Å². The molecule has 1 fully saturated rings. The van der Waals surface area contributed by atoms with Crippen molar-refractivity contribution in [3.05, 3.63) is 52.1 Å². The van der Waals surface area contributed by atoms with Gasteiger partial charge in [0.05, 0.1) is 16.1 Å². The van der Waals surface area contributed by atoms with E-state index < -0.39 is 0 Å². The number of anilines is 1. The van der Waals surface area contributed by atoms with Crippen molar-refractivity contribution >= 4 is 50.3 Å². The third kappa shape index (κ3) is 2.81. The van der Waals surface area contributed by atoms with E-state index in [1.807, 2.05) is 24.3 Å². The minimum absolute atomic E-state index is 0.0447. The number of H-pyrrole nitrogens is 1. The summed E-state index contributed by atoms with van der Waals surface area (Å²) in [5.74, 6) is 0.726. The van der Waals surface area contributed by atoms with Crippen molar-refractivity contribution in [2.45, 2.75) is 12.5 Å². The number of nitrogens with two attached hydrogens (primary N) is 1. The lowest BCUT2D eigenvalue weighted by Crippen LogP contribution is -2.41. The summed E-state index contributed by atoms with van der Waals surface area (Å²) in [7, 11) is 0. The predicted octanol–water partition coefficient (Wildman–Crippen LogP) is 4.13. The Balaban J connectivity index is 1.56. The Bertz CT molecular complexity index is 1110. The first-order valence-corrected chi connectivity index (χ1v) is 10.2. The van der Waals surface area contributed by atoms with Crippen LogP contribution in [0.15, 0.2) is 47.1 Å². The number of carbonyl (C=O) groups excluding carboxylic acids is 1. The number of nitrogens with one attached hydrogen (secondary N) is 2. The van der Waals surface area contributed by atoms with Gasteiger partial charge in [-0.2, -0.15) is 0 Å². The van der Waals surface area contributed by atoms with Gasteiger partial charge >= 0.3 is 0 Å². The zero-order valence-corrected chi connectivity index (χ0v) is 17.0. The van der Waals surface area contributed by atoms with Gasteiger partial charge in [-0.3, -0.25) is 4.79 Å². The summed E-state index contributed by atoms with van der Waals surface area (Å²) in [6, 6.07) is 7.42. The van der Waals surface area contributed by atoms with Gasteiger partial charge in [0.2, 0.25) is 5.91 Å². The fourth-order valence-corrected chi connectivity index (χ4v) is 4.93. The van der Waals surface area contributed by atoms with Gasteiger partial charge in [-0.05, 0) is 58.5 Å². The first-order valence-electron chi connectivity index (χ1n) is 9.05. The van der Waals surface area contributed by atoms with Crippen molar-refractivity contribution in [1.82, 2.24) is 15.0 Å². The van der Waals surface area contributed by atoms with E-state index in [-0.39, 0.29) is 29.7 Å². The van der Waals surface area contributed by atoms with Crippen LogP contribution < -0.4 is 11.1 Å². The van der Waals surface area contributed by atoms with Gasteiger partial charge in [0.1, 0.15) is 11.3 Å². The number of hydrogen-bond donors (Lipinski definition) is 3. The molecule has 4 N–H and O–H groups in total. The summed E-state index contributed by atoms with van der Waals surface area (Å²) in [5.41, 5.74) is 8.85. The molecular weight excluding hydrogens is 442 g/mol. The molecule has 2 bridgehead atoms. The quantitative estimate of drug-likeness (QED) is 0.512. The van der Waals surface area contributed by atoms with Crippen LogP contribution in [0.3, 0.4) is 0 Å². The number of nitrogens with zero attached hydrogens (tertiary/aromatic N) is 2. The molecule has 1 amide bonds. The van der Waals surface area contributed by atoms with Crippen molar-refractivity contribution in [1.29, 1.82) is 0 Å². The molecule has 2 heterocycles. The van der Waals surface area contributed by atoms with Crippen LogP contribution in [0.2, 0.25) is 5.02 Å². The third-order valence-electron chi connectivity index (χ3n) is 5.69. The first kappa shape index (κ1) is 17.7. The maximum Gasteiger partial charge on any atom is 0.223 e. The minimum Gasteiger partial charge on any atom is -0.378 e. The number of pyridine rings is 1. The lowest BCUT2D eigenvalue weighted by Gasteiger charge is -2.28. The van der Waals surface area contributed by atoms with Gasteiger partial charge in [-0.25, -0.2) is 9.97 Å². The number of amides is 1. The van der Waals surface area contributed by atoms with E-state index in [2.05, 4.69) is 48.4 Å². The highest BCUT2D eigenvalue weighted by atomic mass is 79.9. The Hall–Kier alpha value is -2.38. The summed E-state index contributed by atoms with van der Waals surface area (Å²) in [6.07, 6.45) is 6.97. The van der Waals surface area contributed by atoms with Crippen LogP contribution in [0, 0.1) is 17.8 Å². The van der Waals surface area contributed by atoms with Gasteiger partial charge in [-0.15, -0.1) is 0 Å². The molecule has 28 heavy (non-hydrogen) atoms.